The Morgan fingerprint density at radius 3 is 2.22 bits per heavy atom. The summed E-state index contributed by atoms with van der Waals surface area (Å²) in [5, 5.41) is 34.3. The first-order valence-electron chi connectivity index (χ1n) is 6.02. The van der Waals surface area contributed by atoms with Crippen LogP contribution in [0.3, 0.4) is 0 Å². The van der Waals surface area contributed by atoms with Crippen molar-refractivity contribution in [3.63, 3.8) is 0 Å². The number of amides is 1. The van der Waals surface area contributed by atoms with Gasteiger partial charge in [0.05, 0.1) is 21.5 Å². The summed E-state index contributed by atoms with van der Waals surface area (Å²) in [5.41, 5.74) is -1.90. The lowest BCUT2D eigenvalue weighted by Gasteiger charge is -2.07. The second kappa shape index (κ2) is 6.28. The first kappa shape index (κ1) is 16.2. The molecule has 0 atom stereocenters. The number of nitro groups is 2. The van der Waals surface area contributed by atoms with Crippen LogP contribution in [0.5, 0.6) is 5.75 Å². The Kier molecular flexibility index (Phi) is 4.42. The van der Waals surface area contributed by atoms with Gasteiger partial charge in [0.15, 0.2) is 0 Å². The molecule has 0 fully saturated rings. The smallest absolute Gasteiger partial charge is 0.318 e. The van der Waals surface area contributed by atoms with Gasteiger partial charge in [-0.25, -0.2) is 0 Å². The number of carbonyl (C=O) groups excluding carboxylic acids is 1. The van der Waals surface area contributed by atoms with Gasteiger partial charge < -0.3 is 10.4 Å². The Morgan fingerprint density at radius 1 is 1.09 bits per heavy atom. The predicted molar refractivity (Wildman–Crippen MR) is 80.8 cm³/mol. The molecule has 0 aromatic heterocycles. The summed E-state index contributed by atoms with van der Waals surface area (Å²) in [7, 11) is 0. The number of anilines is 1. The summed E-state index contributed by atoms with van der Waals surface area (Å²) in [4.78, 5) is 31.9. The van der Waals surface area contributed by atoms with Crippen molar-refractivity contribution in [3.8, 4) is 5.75 Å². The molecule has 0 aliphatic rings. The third kappa shape index (κ3) is 3.52. The fourth-order valence-corrected chi connectivity index (χ4v) is 1.88. The second-order valence-electron chi connectivity index (χ2n) is 4.34. The van der Waals surface area contributed by atoms with E-state index in [9.17, 15) is 30.1 Å². The van der Waals surface area contributed by atoms with E-state index in [0.29, 0.717) is 16.8 Å². The average molecular weight is 338 g/mol. The molecule has 2 aromatic rings. The van der Waals surface area contributed by atoms with Crippen LogP contribution in [0.2, 0.25) is 5.02 Å². The summed E-state index contributed by atoms with van der Waals surface area (Å²) in [6, 6.07) is 7.24. The van der Waals surface area contributed by atoms with Gasteiger partial charge in [0, 0.05) is 16.8 Å². The number of carbonyl (C=O) groups is 1. The van der Waals surface area contributed by atoms with Crippen LogP contribution in [0, 0.1) is 20.2 Å². The van der Waals surface area contributed by atoms with Crippen LogP contribution in [0.25, 0.3) is 0 Å². The highest BCUT2D eigenvalue weighted by atomic mass is 35.5. The van der Waals surface area contributed by atoms with E-state index >= 15 is 0 Å². The standard InChI is InChI=1S/C13H8ClN3O6/c14-7-1-3-8(4-2-7)15-13(19)10-5-9(16(20)21)6-11(12(10)18)17(22)23/h1-6,18H,(H,15,19). The van der Waals surface area contributed by atoms with Crippen LogP contribution < -0.4 is 5.32 Å². The van der Waals surface area contributed by atoms with Gasteiger partial charge in [0.25, 0.3) is 11.6 Å². The highest BCUT2D eigenvalue weighted by Crippen LogP contribution is 2.34. The molecule has 0 radical (unpaired) electrons. The molecule has 9 nitrogen and oxygen atoms in total. The largest absolute Gasteiger partial charge is 0.502 e. The molecule has 10 heteroatoms. The first-order chi connectivity index (χ1) is 10.8. The molecule has 0 saturated carbocycles. The maximum atomic E-state index is 12.1. The van der Waals surface area contributed by atoms with Crippen molar-refractivity contribution < 1.29 is 19.7 Å². The third-order valence-electron chi connectivity index (χ3n) is 2.83. The molecular formula is C13H8ClN3O6. The lowest BCUT2D eigenvalue weighted by Crippen LogP contribution is -2.13. The SMILES string of the molecule is O=C(Nc1ccc(Cl)cc1)c1cc([N+](=O)[O-])cc([N+](=O)[O-])c1O. The zero-order valence-corrected chi connectivity index (χ0v) is 12.0. The minimum atomic E-state index is -1.01. The summed E-state index contributed by atoms with van der Waals surface area (Å²) < 4.78 is 0. The third-order valence-corrected chi connectivity index (χ3v) is 3.08. The van der Waals surface area contributed by atoms with Gasteiger partial charge in [-0.1, -0.05) is 11.6 Å². The maximum absolute atomic E-state index is 12.1. The number of phenols is 1. The number of benzene rings is 2. The lowest BCUT2D eigenvalue weighted by atomic mass is 10.1. The fourth-order valence-electron chi connectivity index (χ4n) is 1.75. The molecule has 0 spiro atoms. The molecule has 0 aliphatic heterocycles. The minimum Gasteiger partial charge on any atom is -0.502 e. The molecule has 2 N–H and O–H groups in total. The number of halogens is 1. The van der Waals surface area contributed by atoms with Crippen LogP contribution >= 0.6 is 11.6 Å². The van der Waals surface area contributed by atoms with Crippen molar-refractivity contribution in [3.05, 3.63) is 67.2 Å². The molecule has 0 saturated heterocycles. The number of rotatable bonds is 4. The Balaban J connectivity index is 2.44. The van der Waals surface area contributed by atoms with E-state index in [1.165, 1.54) is 24.3 Å². The monoisotopic (exact) mass is 337 g/mol. The van der Waals surface area contributed by atoms with Crippen LogP contribution in [0.15, 0.2) is 36.4 Å². The molecule has 0 unspecified atom stereocenters. The van der Waals surface area contributed by atoms with E-state index in [4.69, 9.17) is 11.6 Å². The Labute approximate surface area is 133 Å². The Morgan fingerprint density at radius 2 is 1.70 bits per heavy atom. The number of non-ortho nitro benzene ring substituents is 1. The van der Waals surface area contributed by atoms with Crippen molar-refractivity contribution in [2.45, 2.75) is 0 Å². The van der Waals surface area contributed by atoms with Crippen LogP contribution in [0.1, 0.15) is 10.4 Å². The predicted octanol–water partition coefficient (Wildman–Crippen LogP) is 3.11. The summed E-state index contributed by atoms with van der Waals surface area (Å²) in [5.74, 6) is -1.89. The quantitative estimate of drug-likeness (QED) is 0.649. The average Bonchev–Trinajstić information content (AvgIpc) is 2.49. The summed E-state index contributed by atoms with van der Waals surface area (Å²) in [6.45, 7) is 0. The number of hydrogen-bond donors (Lipinski definition) is 2. The summed E-state index contributed by atoms with van der Waals surface area (Å²) >= 11 is 5.70. The first-order valence-corrected chi connectivity index (χ1v) is 6.40. The normalized spacial score (nSPS) is 10.1. The van der Waals surface area contributed by atoms with Gasteiger partial charge in [-0.2, -0.15) is 0 Å². The lowest BCUT2D eigenvalue weighted by molar-refractivity contribution is -0.394. The van der Waals surface area contributed by atoms with Crippen LogP contribution in [-0.4, -0.2) is 20.9 Å². The molecule has 1 amide bonds. The zero-order valence-electron chi connectivity index (χ0n) is 11.2. The molecule has 0 bridgehead atoms. The number of nitro benzene ring substituents is 2. The van der Waals surface area contributed by atoms with Gasteiger partial charge in [0.1, 0.15) is 0 Å². The van der Waals surface area contributed by atoms with E-state index in [2.05, 4.69) is 5.32 Å². The number of hydrogen-bond acceptors (Lipinski definition) is 6. The zero-order chi connectivity index (χ0) is 17.1. The highest BCUT2D eigenvalue weighted by Gasteiger charge is 2.27. The van der Waals surface area contributed by atoms with E-state index in [0.717, 1.165) is 6.07 Å². The van der Waals surface area contributed by atoms with Crippen molar-refractivity contribution in [2.75, 3.05) is 5.32 Å². The van der Waals surface area contributed by atoms with Gasteiger partial charge in [0.2, 0.25) is 5.75 Å². The number of aromatic hydroxyl groups is 1. The maximum Gasteiger partial charge on any atom is 0.318 e. The number of phenolic OH excluding ortho intramolecular Hbond substituents is 1. The van der Waals surface area contributed by atoms with Gasteiger partial charge in [-0.05, 0) is 24.3 Å². The van der Waals surface area contributed by atoms with Crippen LogP contribution in [0.4, 0.5) is 17.1 Å². The van der Waals surface area contributed by atoms with Crippen molar-refractivity contribution >= 4 is 34.6 Å². The number of nitrogens with zero attached hydrogens (tertiary/aromatic N) is 2. The van der Waals surface area contributed by atoms with Crippen molar-refractivity contribution in [1.82, 2.24) is 0 Å². The van der Waals surface area contributed by atoms with E-state index in [1.54, 1.807) is 0 Å². The van der Waals surface area contributed by atoms with Gasteiger partial charge in [-0.3, -0.25) is 25.0 Å². The van der Waals surface area contributed by atoms with Crippen LogP contribution in [-0.2, 0) is 0 Å². The fraction of sp³-hybridized carbons (Fsp3) is 0. The van der Waals surface area contributed by atoms with Crippen molar-refractivity contribution in [2.24, 2.45) is 0 Å². The Bertz CT molecular complexity index is 806. The molecule has 2 rings (SSSR count). The molecule has 0 heterocycles. The minimum absolute atomic E-state index is 0.299. The van der Waals surface area contributed by atoms with Gasteiger partial charge in [-0.15, -0.1) is 0 Å². The van der Waals surface area contributed by atoms with Gasteiger partial charge >= 0.3 is 5.69 Å². The highest BCUT2D eigenvalue weighted by molar-refractivity contribution is 6.30. The Hall–Kier alpha value is -3.20. The van der Waals surface area contributed by atoms with E-state index < -0.39 is 38.4 Å². The topological polar surface area (TPSA) is 136 Å². The molecule has 2 aromatic carbocycles. The second-order valence-corrected chi connectivity index (χ2v) is 4.77. The van der Waals surface area contributed by atoms with Crippen molar-refractivity contribution in [1.29, 1.82) is 0 Å². The molecule has 0 aliphatic carbocycles. The number of nitrogens with one attached hydrogen (secondary N) is 1. The molecule has 118 valence electrons. The molecule has 23 heavy (non-hydrogen) atoms. The summed E-state index contributed by atoms with van der Waals surface area (Å²) in [6.07, 6.45) is 0. The van der Waals surface area contributed by atoms with E-state index in [1.807, 2.05) is 0 Å². The van der Waals surface area contributed by atoms with E-state index in [-0.39, 0.29) is 0 Å². The molecular weight excluding hydrogens is 330 g/mol.